The van der Waals surface area contributed by atoms with Crippen LogP contribution in [0, 0.1) is 11.8 Å². The van der Waals surface area contributed by atoms with E-state index >= 15 is 0 Å². The second-order valence-corrected chi connectivity index (χ2v) is 4.36. The maximum atomic E-state index is 11.5. The summed E-state index contributed by atoms with van der Waals surface area (Å²) in [6.45, 7) is 1.33. The average molecular weight is 241 g/mol. The number of rotatable bonds is 4. The fourth-order valence-corrected chi connectivity index (χ4v) is 2.60. The highest BCUT2D eigenvalue weighted by atomic mass is 16.5. The van der Waals surface area contributed by atoms with E-state index in [9.17, 15) is 14.4 Å². The van der Waals surface area contributed by atoms with Gasteiger partial charge in [0, 0.05) is 6.42 Å². The number of ether oxygens (including phenoxy) is 1. The minimum Gasteiger partial charge on any atom is -0.481 e. The lowest BCUT2D eigenvalue weighted by Crippen LogP contribution is -2.37. The van der Waals surface area contributed by atoms with E-state index in [-0.39, 0.29) is 12.2 Å². The number of ketones is 1. The van der Waals surface area contributed by atoms with Crippen LogP contribution in [0.2, 0.25) is 1.41 Å². The Morgan fingerprint density at radius 3 is 2.76 bits per heavy atom. The van der Waals surface area contributed by atoms with Gasteiger partial charge in [0.1, 0.15) is 5.78 Å². The fraction of sp³-hybridized carbons (Fsp3) is 0.545. The van der Waals surface area contributed by atoms with Gasteiger partial charge in [-0.15, -0.1) is 0 Å². The monoisotopic (exact) mass is 241 g/mol. The van der Waals surface area contributed by atoms with Crippen LogP contribution in [0.15, 0.2) is 11.6 Å². The van der Waals surface area contributed by atoms with Gasteiger partial charge in [0.2, 0.25) is 5.91 Å². The Morgan fingerprint density at radius 2 is 2.24 bits per heavy atom. The van der Waals surface area contributed by atoms with Gasteiger partial charge in [0.05, 0.1) is 24.0 Å². The van der Waals surface area contributed by atoms with Gasteiger partial charge < -0.3 is 15.6 Å². The smallest absolute Gasteiger partial charge is 0.310 e. The Hall–Kier alpha value is -1.69. The molecule has 17 heavy (non-hydrogen) atoms. The second-order valence-electron chi connectivity index (χ2n) is 4.36. The number of hydrogen-bond donors (Lipinski definition) is 2. The van der Waals surface area contributed by atoms with Crippen molar-refractivity contribution in [2.75, 3.05) is 0 Å². The zero-order valence-electron chi connectivity index (χ0n) is 10.2. The number of fused-ring (bicyclic) bond motifs is 2. The van der Waals surface area contributed by atoms with Crippen LogP contribution in [-0.4, -0.2) is 35.0 Å². The predicted molar refractivity (Wildman–Crippen MR) is 55.9 cm³/mol. The highest BCUT2D eigenvalue weighted by Crippen LogP contribution is 2.44. The van der Waals surface area contributed by atoms with Crippen LogP contribution in [0.1, 0.15) is 13.3 Å². The molecule has 92 valence electrons. The lowest BCUT2D eigenvalue weighted by molar-refractivity contribution is -0.146. The first-order valence-corrected chi connectivity index (χ1v) is 5.25. The van der Waals surface area contributed by atoms with E-state index in [1.54, 1.807) is 11.8 Å². The summed E-state index contributed by atoms with van der Waals surface area (Å²) >= 11 is 0. The Kier molecular flexibility index (Phi) is 2.44. The molecule has 0 aromatic rings. The molecular weight excluding hydrogens is 226 g/mol. The van der Waals surface area contributed by atoms with Crippen LogP contribution in [-0.2, 0) is 19.1 Å². The number of carboxylic acids is 1. The highest BCUT2D eigenvalue weighted by Gasteiger charge is 2.54. The molecule has 3 N–H and O–H groups in total. The maximum absolute atomic E-state index is 11.5. The summed E-state index contributed by atoms with van der Waals surface area (Å²) in [6, 6.07) is 0. The molecule has 1 amide bonds. The summed E-state index contributed by atoms with van der Waals surface area (Å²) in [5.41, 5.74) is 2.33. The zero-order valence-corrected chi connectivity index (χ0v) is 9.17. The second kappa shape index (κ2) is 3.96. The third-order valence-electron chi connectivity index (χ3n) is 3.23. The van der Waals surface area contributed by atoms with Gasteiger partial charge in [-0.2, -0.15) is 0 Å². The summed E-state index contributed by atoms with van der Waals surface area (Å²) in [6.07, 6.45) is 0.236. The lowest BCUT2D eigenvalue weighted by Gasteiger charge is -2.22. The van der Waals surface area contributed by atoms with E-state index in [4.69, 9.17) is 11.3 Å². The number of carbonyl (C=O) groups is 3. The van der Waals surface area contributed by atoms with Crippen LogP contribution in [0.3, 0.4) is 0 Å². The molecular formula is C11H13NO5. The van der Waals surface area contributed by atoms with Gasteiger partial charge in [-0.1, -0.05) is 6.08 Å². The van der Waals surface area contributed by atoms with Gasteiger partial charge in [-0.3, -0.25) is 14.4 Å². The minimum absolute atomic E-state index is 0.0409. The Bertz CT molecular complexity index is 447. The van der Waals surface area contributed by atoms with Crippen molar-refractivity contribution in [1.82, 2.24) is 0 Å². The zero-order chi connectivity index (χ0) is 13.4. The topological polar surface area (TPSA) is 107 Å². The molecule has 2 heterocycles. The summed E-state index contributed by atoms with van der Waals surface area (Å²) in [5.74, 6) is -3.46. The summed E-state index contributed by atoms with van der Waals surface area (Å²) in [5, 5.41) is 9.10. The van der Waals surface area contributed by atoms with Gasteiger partial charge in [-0.25, -0.2) is 0 Å². The summed E-state index contributed by atoms with van der Waals surface area (Å²) in [7, 11) is 0. The van der Waals surface area contributed by atoms with Crippen molar-refractivity contribution in [1.29, 1.82) is 0 Å². The van der Waals surface area contributed by atoms with Crippen molar-refractivity contribution in [3.63, 3.8) is 0 Å². The van der Waals surface area contributed by atoms with Crippen molar-refractivity contribution in [3.8, 4) is 0 Å². The van der Waals surface area contributed by atoms with E-state index in [1.165, 1.54) is 6.92 Å². The number of nitrogens with two attached hydrogens (primary N) is 1. The molecule has 6 heteroatoms. The Morgan fingerprint density at radius 1 is 1.53 bits per heavy atom. The van der Waals surface area contributed by atoms with E-state index in [2.05, 4.69) is 0 Å². The SMILES string of the molecule is [3H]NC(=O)CC1=CC2OC1C(C(C)=O)C2C(=O)O. The van der Waals surface area contributed by atoms with Gasteiger partial charge >= 0.3 is 5.97 Å². The number of hydrogen-bond acceptors (Lipinski definition) is 4. The van der Waals surface area contributed by atoms with Crippen molar-refractivity contribution in [3.05, 3.63) is 11.6 Å². The predicted octanol–water partition coefficient (Wildman–Crippen LogP) is -0.525. The standard InChI is InChI=1S/C11H13NO5/c1-4(13)8-9(11(15)16)6-2-5(3-7(12)14)10(8)17-6/h2,6,8-10H,3H2,1H3,(H2,12,14)(H,15,16)/i/hT. The number of carboxylic acid groups (broad SMARTS) is 1. The molecule has 1 fully saturated rings. The van der Waals surface area contributed by atoms with E-state index in [0.717, 1.165) is 0 Å². The Balaban J connectivity index is 2.23. The summed E-state index contributed by atoms with van der Waals surface area (Å²) in [4.78, 5) is 33.8. The highest BCUT2D eigenvalue weighted by molar-refractivity contribution is 5.88. The molecule has 4 atom stereocenters. The van der Waals surface area contributed by atoms with Crippen molar-refractivity contribution < 1.29 is 25.6 Å². The molecule has 0 aromatic carbocycles. The van der Waals surface area contributed by atoms with Crippen LogP contribution in [0.25, 0.3) is 0 Å². The molecule has 2 rings (SSSR count). The minimum atomic E-state index is -1.07. The van der Waals surface area contributed by atoms with Crippen molar-refractivity contribution in [2.45, 2.75) is 25.6 Å². The molecule has 2 aliphatic heterocycles. The van der Waals surface area contributed by atoms with Crippen LogP contribution < -0.4 is 5.73 Å². The van der Waals surface area contributed by atoms with E-state index < -0.39 is 35.9 Å². The molecule has 0 aromatic heterocycles. The van der Waals surface area contributed by atoms with Gasteiger partial charge in [-0.05, 0) is 12.5 Å². The third kappa shape index (κ3) is 1.84. The quantitative estimate of drug-likeness (QED) is 0.644. The first-order chi connectivity index (χ1) is 8.45. The first-order valence-electron chi connectivity index (χ1n) is 5.75. The fourth-order valence-electron chi connectivity index (χ4n) is 2.60. The lowest BCUT2D eigenvalue weighted by atomic mass is 9.77. The molecule has 6 nitrogen and oxygen atoms in total. The van der Waals surface area contributed by atoms with Crippen molar-refractivity contribution >= 4 is 17.7 Å². The number of primary amides is 1. The molecule has 4 unspecified atom stereocenters. The largest absolute Gasteiger partial charge is 0.481 e. The molecule has 0 aliphatic carbocycles. The number of carbonyl (C=O) groups excluding carboxylic acids is 2. The third-order valence-corrected chi connectivity index (χ3v) is 3.23. The number of Topliss-reactive ketones (excluding diaryl/α,β-unsaturated/α-hetero) is 1. The van der Waals surface area contributed by atoms with Gasteiger partial charge in [0.25, 0.3) is 0 Å². The van der Waals surface area contributed by atoms with Crippen LogP contribution in [0.4, 0.5) is 0 Å². The van der Waals surface area contributed by atoms with E-state index in [1.807, 2.05) is 0 Å². The first kappa shape index (κ1) is 10.5. The molecule has 0 spiro atoms. The Labute approximate surface area is 98.9 Å². The molecule has 2 bridgehead atoms. The maximum Gasteiger partial charge on any atom is 0.310 e. The van der Waals surface area contributed by atoms with Crippen molar-refractivity contribution in [2.24, 2.45) is 17.6 Å². The number of aliphatic carboxylic acids is 1. The molecule has 0 radical (unpaired) electrons. The summed E-state index contributed by atoms with van der Waals surface area (Å²) < 4.78 is 12.2. The van der Waals surface area contributed by atoms with Crippen LogP contribution >= 0.6 is 0 Å². The number of amides is 1. The normalized spacial score (nSPS) is 35.1. The van der Waals surface area contributed by atoms with Crippen LogP contribution in [0.5, 0.6) is 0 Å². The molecule has 1 saturated heterocycles. The van der Waals surface area contributed by atoms with E-state index in [0.29, 0.717) is 5.57 Å². The van der Waals surface area contributed by atoms with Gasteiger partial charge in [0.15, 0.2) is 1.41 Å². The average Bonchev–Trinajstić information content (AvgIpc) is 2.85. The molecule has 0 saturated carbocycles. The molecule has 2 aliphatic rings.